The lowest BCUT2D eigenvalue weighted by molar-refractivity contribution is 0.0321. The molecule has 0 radical (unpaired) electrons. The zero-order valence-electron chi connectivity index (χ0n) is 29.1. The van der Waals surface area contributed by atoms with Crippen molar-refractivity contribution in [3.8, 4) is 22.6 Å². The molecule has 8 heteroatoms. The van der Waals surface area contributed by atoms with Gasteiger partial charge in [-0.05, 0) is 83.5 Å². The number of morpholine rings is 1. The third kappa shape index (κ3) is 9.57. The van der Waals surface area contributed by atoms with Crippen LogP contribution in [0.15, 0.2) is 102 Å². The Labute approximate surface area is 291 Å². The van der Waals surface area contributed by atoms with E-state index < -0.39 is 9.84 Å². The van der Waals surface area contributed by atoms with Gasteiger partial charge in [0.1, 0.15) is 6.61 Å². The maximum atomic E-state index is 11.4. The number of benzene rings is 4. The minimum Gasteiger partial charge on any atom is -0.493 e. The van der Waals surface area contributed by atoms with Crippen molar-refractivity contribution in [1.29, 1.82) is 0 Å². The number of fused-ring (bicyclic) bond motifs is 1. The van der Waals surface area contributed by atoms with E-state index in [0.29, 0.717) is 11.5 Å². The quantitative estimate of drug-likeness (QED) is 0.148. The molecular weight excluding hydrogens is 633 g/mol. The average Bonchev–Trinajstić information content (AvgIpc) is 3.12. The Balaban J connectivity index is 0.000000244. The molecule has 7 nitrogen and oxygen atoms in total. The van der Waals surface area contributed by atoms with Crippen molar-refractivity contribution in [2.24, 2.45) is 0 Å². The fourth-order valence-electron chi connectivity index (χ4n) is 5.95. The zero-order chi connectivity index (χ0) is 34.8. The second kappa shape index (κ2) is 16.7. The zero-order valence-corrected chi connectivity index (χ0v) is 29.9. The highest BCUT2D eigenvalue weighted by Crippen LogP contribution is 2.35. The third-order valence-corrected chi connectivity index (χ3v) is 9.83. The number of sulfone groups is 1. The van der Waals surface area contributed by atoms with Gasteiger partial charge in [0.05, 0.1) is 30.7 Å². The van der Waals surface area contributed by atoms with Crippen molar-refractivity contribution >= 4 is 32.4 Å². The SMILES string of the molecule is CCc1ccc(/C=C(/C)c2ccnc3cc(OCCN4CCOCC4)c(OC)cc23)cc1C.CS(=O)(=O)c1cccc(-c2ccccc2)c1. The third-order valence-electron chi connectivity index (χ3n) is 8.72. The normalized spacial score (nSPS) is 13.9. The highest BCUT2D eigenvalue weighted by Gasteiger charge is 2.14. The van der Waals surface area contributed by atoms with Crippen molar-refractivity contribution in [2.75, 3.05) is 52.8 Å². The second-order valence-corrected chi connectivity index (χ2v) is 14.2. The summed E-state index contributed by atoms with van der Waals surface area (Å²) in [6.45, 7) is 11.5. The van der Waals surface area contributed by atoms with Crippen LogP contribution in [-0.4, -0.2) is 71.1 Å². The monoisotopic (exact) mass is 678 g/mol. The molecule has 1 aliphatic rings. The van der Waals surface area contributed by atoms with E-state index >= 15 is 0 Å². The Morgan fingerprint density at radius 3 is 2.37 bits per heavy atom. The summed E-state index contributed by atoms with van der Waals surface area (Å²) < 4.78 is 40.0. The predicted molar refractivity (Wildman–Crippen MR) is 200 cm³/mol. The lowest BCUT2D eigenvalue weighted by atomic mass is 9.98. The Morgan fingerprint density at radius 2 is 1.67 bits per heavy atom. The number of aryl methyl sites for hydroxylation is 2. The molecule has 0 amide bonds. The van der Waals surface area contributed by atoms with Gasteiger partial charge in [0.15, 0.2) is 21.3 Å². The number of hydrogen-bond acceptors (Lipinski definition) is 7. The van der Waals surface area contributed by atoms with Gasteiger partial charge in [-0.3, -0.25) is 9.88 Å². The molecule has 6 rings (SSSR count). The smallest absolute Gasteiger partial charge is 0.175 e. The molecule has 0 N–H and O–H groups in total. The first-order valence-electron chi connectivity index (χ1n) is 16.7. The Hall–Kier alpha value is -4.50. The van der Waals surface area contributed by atoms with E-state index in [2.05, 4.69) is 61.0 Å². The van der Waals surface area contributed by atoms with Crippen LogP contribution in [0, 0.1) is 6.92 Å². The second-order valence-electron chi connectivity index (χ2n) is 12.2. The van der Waals surface area contributed by atoms with Crippen molar-refractivity contribution in [3.63, 3.8) is 0 Å². The van der Waals surface area contributed by atoms with Crippen LogP contribution >= 0.6 is 0 Å². The van der Waals surface area contributed by atoms with Gasteiger partial charge < -0.3 is 14.2 Å². The summed E-state index contributed by atoms with van der Waals surface area (Å²) in [5.74, 6) is 1.46. The van der Waals surface area contributed by atoms with Gasteiger partial charge in [-0.25, -0.2) is 8.42 Å². The summed E-state index contributed by atoms with van der Waals surface area (Å²) in [6.07, 6.45) is 6.38. The number of ether oxygens (including phenoxy) is 3. The molecular formula is C41H46N2O5S. The summed E-state index contributed by atoms with van der Waals surface area (Å²) in [7, 11) is -1.45. The highest BCUT2D eigenvalue weighted by atomic mass is 32.2. The maximum Gasteiger partial charge on any atom is 0.175 e. The van der Waals surface area contributed by atoms with Crippen molar-refractivity contribution in [1.82, 2.24) is 9.88 Å². The minimum absolute atomic E-state index is 0.355. The first-order valence-corrected chi connectivity index (χ1v) is 18.6. The first kappa shape index (κ1) is 35.8. The molecule has 0 spiro atoms. The van der Waals surface area contributed by atoms with Crippen LogP contribution in [0.4, 0.5) is 0 Å². The molecule has 0 atom stereocenters. The van der Waals surface area contributed by atoms with Crippen molar-refractivity contribution in [3.05, 3.63) is 119 Å². The molecule has 49 heavy (non-hydrogen) atoms. The van der Waals surface area contributed by atoms with Crippen LogP contribution < -0.4 is 9.47 Å². The molecule has 2 heterocycles. The van der Waals surface area contributed by atoms with Gasteiger partial charge in [-0.1, -0.05) is 73.7 Å². The number of nitrogens with zero attached hydrogens (tertiary/aromatic N) is 2. The molecule has 0 saturated carbocycles. The number of methoxy groups -OCH3 is 1. The van der Waals surface area contributed by atoms with Gasteiger partial charge in [0, 0.05) is 43.5 Å². The Kier molecular flexibility index (Phi) is 12.2. The van der Waals surface area contributed by atoms with Crippen LogP contribution in [0.25, 0.3) is 33.7 Å². The summed E-state index contributed by atoms with van der Waals surface area (Å²) in [4.78, 5) is 7.33. The van der Waals surface area contributed by atoms with Gasteiger partial charge in [-0.2, -0.15) is 0 Å². The lowest BCUT2D eigenvalue weighted by Crippen LogP contribution is -2.38. The van der Waals surface area contributed by atoms with Crippen LogP contribution in [0.2, 0.25) is 0 Å². The Bertz CT molecular complexity index is 2000. The highest BCUT2D eigenvalue weighted by molar-refractivity contribution is 7.90. The standard InChI is InChI=1S/C28H34N2O3.C13H12O2S/c1-5-23-7-6-22(16-20(23)2)17-21(3)24-8-9-29-26-19-28(27(31-4)18-25(24)26)33-15-12-30-10-13-32-14-11-30;1-16(14,15)13-9-5-8-12(10-13)11-6-3-2-4-7-11/h6-9,16-19H,5,10-15H2,1-4H3;2-10H,1H3/b21-17-;. The summed E-state index contributed by atoms with van der Waals surface area (Å²) in [5, 5.41) is 1.06. The molecule has 0 aliphatic carbocycles. The van der Waals surface area contributed by atoms with Gasteiger partial charge in [-0.15, -0.1) is 0 Å². The fraction of sp³-hybridized carbons (Fsp3) is 0.293. The van der Waals surface area contributed by atoms with E-state index in [-0.39, 0.29) is 0 Å². The molecule has 4 aromatic carbocycles. The fourth-order valence-corrected chi connectivity index (χ4v) is 6.62. The van der Waals surface area contributed by atoms with E-state index in [1.54, 1.807) is 25.3 Å². The van der Waals surface area contributed by atoms with Gasteiger partial charge in [0.25, 0.3) is 0 Å². The van der Waals surface area contributed by atoms with Crippen LogP contribution in [0.3, 0.4) is 0 Å². The summed E-state index contributed by atoms with van der Waals surface area (Å²) >= 11 is 0. The number of pyridine rings is 1. The van der Waals surface area contributed by atoms with Crippen molar-refractivity contribution in [2.45, 2.75) is 32.1 Å². The maximum absolute atomic E-state index is 11.4. The van der Waals surface area contributed by atoms with E-state index in [9.17, 15) is 8.42 Å². The van der Waals surface area contributed by atoms with E-state index in [1.165, 1.54) is 28.5 Å². The number of allylic oxidation sites excluding steroid dienone is 1. The van der Waals surface area contributed by atoms with Crippen LogP contribution in [-0.2, 0) is 21.0 Å². The van der Waals surface area contributed by atoms with Crippen molar-refractivity contribution < 1.29 is 22.6 Å². The molecule has 1 aromatic heterocycles. The average molecular weight is 679 g/mol. The molecule has 5 aromatic rings. The molecule has 1 saturated heterocycles. The number of rotatable bonds is 10. The summed E-state index contributed by atoms with van der Waals surface area (Å²) in [5.41, 5.74) is 9.12. The van der Waals surface area contributed by atoms with Crippen LogP contribution in [0.5, 0.6) is 11.5 Å². The lowest BCUT2D eigenvalue weighted by Gasteiger charge is -2.26. The Morgan fingerprint density at radius 1 is 0.918 bits per heavy atom. The van der Waals surface area contributed by atoms with E-state index in [0.717, 1.165) is 78.4 Å². The number of aromatic nitrogens is 1. The first-order chi connectivity index (χ1) is 23.7. The summed E-state index contributed by atoms with van der Waals surface area (Å²) in [6, 6.07) is 29.5. The van der Waals surface area contributed by atoms with Crippen LogP contribution in [0.1, 0.15) is 36.1 Å². The number of hydrogen-bond donors (Lipinski definition) is 0. The van der Waals surface area contributed by atoms with Gasteiger partial charge in [0.2, 0.25) is 0 Å². The minimum atomic E-state index is -3.13. The molecule has 0 unspecified atom stereocenters. The van der Waals surface area contributed by atoms with Gasteiger partial charge >= 0.3 is 0 Å². The molecule has 1 fully saturated rings. The molecule has 0 bridgehead atoms. The predicted octanol–water partition coefficient (Wildman–Crippen LogP) is 8.14. The molecule has 1 aliphatic heterocycles. The largest absolute Gasteiger partial charge is 0.493 e. The molecule has 256 valence electrons. The topological polar surface area (TPSA) is 78.0 Å². The van der Waals surface area contributed by atoms with E-state index in [4.69, 9.17) is 14.2 Å². The van der Waals surface area contributed by atoms with E-state index in [1.807, 2.05) is 54.7 Å².